The minimum atomic E-state index is 0.201. The summed E-state index contributed by atoms with van der Waals surface area (Å²) in [6.07, 6.45) is 3.59. The van der Waals surface area contributed by atoms with Crippen molar-refractivity contribution in [2.24, 2.45) is 0 Å². The van der Waals surface area contributed by atoms with E-state index in [4.69, 9.17) is 11.6 Å². The fourth-order valence-electron chi connectivity index (χ4n) is 1.66. The van der Waals surface area contributed by atoms with Gasteiger partial charge in [0.05, 0.1) is 0 Å². The van der Waals surface area contributed by atoms with Crippen LogP contribution in [0.5, 0.6) is 0 Å². The number of nitrogens with zero attached hydrogens (tertiary/aromatic N) is 1. The second-order valence-electron chi connectivity index (χ2n) is 3.72. The summed E-state index contributed by atoms with van der Waals surface area (Å²) in [5.41, 5.74) is 2.33. The Morgan fingerprint density at radius 3 is 2.87 bits per heavy atom. The molecule has 0 spiro atoms. The van der Waals surface area contributed by atoms with Crippen molar-refractivity contribution < 1.29 is 0 Å². The lowest BCUT2D eigenvalue weighted by molar-refractivity contribution is 0.839. The van der Waals surface area contributed by atoms with Gasteiger partial charge in [-0.2, -0.15) is 0 Å². The van der Waals surface area contributed by atoms with Crippen molar-refractivity contribution in [2.45, 2.75) is 19.8 Å². The molecule has 2 aromatic rings. The van der Waals surface area contributed by atoms with Crippen LogP contribution in [0.15, 0.2) is 30.6 Å². The highest BCUT2D eigenvalue weighted by molar-refractivity contribution is 6.31. The highest BCUT2D eigenvalue weighted by Gasteiger charge is 2.13. The van der Waals surface area contributed by atoms with Crippen LogP contribution in [0.25, 0.3) is 0 Å². The molecule has 0 aliphatic rings. The van der Waals surface area contributed by atoms with Gasteiger partial charge in [0, 0.05) is 23.3 Å². The van der Waals surface area contributed by atoms with Crippen LogP contribution in [0.3, 0.4) is 0 Å². The number of hydrogen-bond acceptors (Lipinski definition) is 1. The minimum Gasteiger partial charge on any atom is -0.348 e. The van der Waals surface area contributed by atoms with E-state index in [1.54, 1.807) is 6.20 Å². The molecule has 78 valence electrons. The zero-order valence-corrected chi connectivity index (χ0v) is 9.55. The largest absolute Gasteiger partial charge is 0.348 e. The SMILES string of the molecule is Cc1ccc(Cl)c(C(C)c2ncc[nH]2)c1. The van der Waals surface area contributed by atoms with Gasteiger partial charge in [-0.15, -0.1) is 0 Å². The van der Waals surface area contributed by atoms with Crippen molar-refractivity contribution in [3.05, 3.63) is 52.6 Å². The number of aromatic amines is 1. The van der Waals surface area contributed by atoms with E-state index >= 15 is 0 Å². The highest BCUT2D eigenvalue weighted by Crippen LogP contribution is 2.28. The van der Waals surface area contributed by atoms with E-state index < -0.39 is 0 Å². The molecule has 3 heteroatoms. The predicted molar refractivity (Wildman–Crippen MR) is 62.3 cm³/mol. The normalized spacial score (nSPS) is 12.7. The zero-order chi connectivity index (χ0) is 10.8. The van der Waals surface area contributed by atoms with Gasteiger partial charge >= 0.3 is 0 Å². The summed E-state index contributed by atoms with van der Waals surface area (Å²) < 4.78 is 0. The Kier molecular flexibility index (Phi) is 2.78. The van der Waals surface area contributed by atoms with Crippen LogP contribution < -0.4 is 0 Å². The maximum Gasteiger partial charge on any atom is 0.113 e. The molecule has 0 aliphatic carbocycles. The predicted octanol–water partition coefficient (Wildman–Crippen LogP) is 3.52. The Morgan fingerprint density at radius 2 is 2.20 bits per heavy atom. The smallest absolute Gasteiger partial charge is 0.113 e. The third-order valence-electron chi connectivity index (χ3n) is 2.55. The Bertz CT molecular complexity index is 449. The summed E-state index contributed by atoms with van der Waals surface area (Å²) in [6.45, 7) is 4.16. The Balaban J connectivity index is 2.41. The molecule has 1 atom stereocenters. The van der Waals surface area contributed by atoms with Crippen LogP contribution in [0, 0.1) is 6.92 Å². The molecule has 1 N–H and O–H groups in total. The van der Waals surface area contributed by atoms with Gasteiger partial charge in [0.1, 0.15) is 5.82 Å². The van der Waals surface area contributed by atoms with Crippen LogP contribution in [0.4, 0.5) is 0 Å². The number of aromatic nitrogens is 2. The van der Waals surface area contributed by atoms with Gasteiger partial charge in [0.2, 0.25) is 0 Å². The standard InChI is InChI=1S/C12H13ClN2/c1-8-3-4-11(13)10(7-8)9(2)12-14-5-6-15-12/h3-7,9H,1-2H3,(H,14,15). The number of nitrogens with one attached hydrogen (secondary N) is 1. The maximum absolute atomic E-state index is 6.17. The molecule has 1 aromatic carbocycles. The van der Waals surface area contributed by atoms with Gasteiger partial charge in [-0.3, -0.25) is 0 Å². The number of rotatable bonds is 2. The number of H-pyrrole nitrogens is 1. The number of aryl methyl sites for hydroxylation is 1. The Hall–Kier alpha value is -1.28. The molecule has 1 unspecified atom stereocenters. The van der Waals surface area contributed by atoms with E-state index in [0.717, 1.165) is 16.4 Å². The second kappa shape index (κ2) is 4.07. The second-order valence-corrected chi connectivity index (χ2v) is 4.13. The minimum absolute atomic E-state index is 0.201. The molecular formula is C12H13ClN2. The van der Waals surface area contributed by atoms with Crippen LogP contribution >= 0.6 is 11.6 Å². The molecule has 15 heavy (non-hydrogen) atoms. The van der Waals surface area contributed by atoms with E-state index in [2.05, 4.69) is 29.9 Å². The van der Waals surface area contributed by atoms with Gasteiger partial charge in [-0.25, -0.2) is 4.98 Å². The Morgan fingerprint density at radius 1 is 1.40 bits per heavy atom. The summed E-state index contributed by atoms with van der Waals surface area (Å²) in [4.78, 5) is 7.36. The monoisotopic (exact) mass is 220 g/mol. The molecule has 0 fully saturated rings. The van der Waals surface area contributed by atoms with Crippen molar-refractivity contribution in [1.82, 2.24) is 9.97 Å². The molecule has 0 saturated heterocycles. The van der Waals surface area contributed by atoms with E-state index in [0.29, 0.717) is 0 Å². The lowest BCUT2D eigenvalue weighted by atomic mass is 9.99. The summed E-state index contributed by atoms with van der Waals surface area (Å²) in [5.74, 6) is 1.15. The van der Waals surface area contributed by atoms with Crippen molar-refractivity contribution in [1.29, 1.82) is 0 Å². The third-order valence-corrected chi connectivity index (χ3v) is 2.89. The number of halogens is 1. The van der Waals surface area contributed by atoms with Crippen LogP contribution in [0.1, 0.15) is 29.8 Å². The first kappa shape index (κ1) is 10.2. The number of benzene rings is 1. The van der Waals surface area contributed by atoms with Crippen LogP contribution in [-0.2, 0) is 0 Å². The fourth-order valence-corrected chi connectivity index (χ4v) is 1.94. The molecule has 1 heterocycles. The van der Waals surface area contributed by atoms with Crippen molar-refractivity contribution in [3.63, 3.8) is 0 Å². The average molecular weight is 221 g/mol. The first-order valence-electron chi connectivity index (χ1n) is 4.94. The van der Waals surface area contributed by atoms with Gasteiger partial charge in [-0.1, -0.05) is 36.2 Å². The van der Waals surface area contributed by atoms with E-state index in [-0.39, 0.29) is 5.92 Å². The zero-order valence-electron chi connectivity index (χ0n) is 8.79. The van der Waals surface area contributed by atoms with Gasteiger partial charge in [0.25, 0.3) is 0 Å². The molecule has 2 rings (SSSR count). The summed E-state index contributed by atoms with van der Waals surface area (Å²) in [7, 11) is 0. The molecule has 0 aliphatic heterocycles. The van der Waals surface area contributed by atoms with E-state index in [9.17, 15) is 0 Å². The highest BCUT2D eigenvalue weighted by atomic mass is 35.5. The molecule has 0 radical (unpaired) electrons. The van der Waals surface area contributed by atoms with Gasteiger partial charge < -0.3 is 4.98 Å². The van der Waals surface area contributed by atoms with Gasteiger partial charge in [0.15, 0.2) is 0 Å². The summed E-state index contributed by atoms with van der Waals surface area (Å²) in [5, 5.41) is 0.796. The van der Waals surface area contributed by atoms with Crippen LogP contribution in [0.2, 0.25) is 5.02 Å². The first-order valence-corrected chi connectivity index (χ1v) is 5.31. The first-order chi connectivity index (χ1) is 7.18. The third kappa shape index (κ3) is 2.05. The summed E-state index contributed by atoms with van der Waals surface area (Å²) >= 11 is 6.17. The molecule has 1 aromatic heterocycles. The van der Waals surface area contributed by atoms with Crippen molar-refractivity contribution >= 4 is 11.6 Å². The quantitative estimate of drug-likeness (QED) is 0.824. The molecular weight excluding hydrogens is 208 g/mol. The maximum atomic E-state index is 6.17. The van der Waals surface area contributed by atoms with Crippen molar-refractivity contribution in [3.8, 4) is 0 Å². The molecule has 0 amide bonds. The lowest BCUT2D eigenvalue weighted by Gasteiger charge is -2.11. The van der Waals surface area contributed by atoms with Crippen LogP contribution in [-0.4, -0.2) is 9.97 Å². The van der Waals surface area contributed by atoms with E-state index in [1.807, 2.05) is 18.3 Å². The molecule has 0 bridgehead atoms. The lowest BCUT2D eigenvalue weighted by Crippen LogP contribution is -1.99. The number of imidazole rings is 1. The number of hydrogen-bond donors (Lipinski definition) is 1. The topological polar surface area (TPSA) is 28.7 Å². The molecule has 0 saturated carbocycles. The van der Waals surface area contributed by atoms with E-state index in [1.165, 1.54) is 5.56 Å². The Labute approximate surface area is 94.3 Å². The fraction of sp³-hybridized carbons (Fsp3) is 0.250. The molecule has 2 nitrogen and oxygen atoms in total. The van der Waals surface area contributed by atoms with Crippen molar-refractivity contribution in [2.75, 3.05) is 0 Å². The average Bonchev–Trinajstić information content (AvgIpc) is 2.74. The summed E-state index contributed by atoms with van der Waals surface area (Å²) in [6, 6.07) is 6.06. The van der Waals surface area contributed by atoms with Gasteiger partial charge in [-0.05, 0) is 18.6 Å².